The minimum absolute atomic E-state index is 0.228. The molecule has 1 fully saturated rings. The Hall–Kier alpha value is -2.04. The summed E-state index contributed by atoms with van der Waals surface area (Å²) in [4.78, 5) is 18.3. The quantitative estimate of drug-likeness (QED) is 0.863. The topological polar surface area (TPSA) is 64.1 Å². The van der Waals surface area contributed by atoms with Crippen LogP contribution in [0.5, 0.6) is 0 Å². The number of rotatable bonds is 2. The lowest BCUT2D eigenvalue weighted by atomic mass is 10.0. The van der Waals surface area contributed by atoms with Crippen LogP contribution in [-0.4, -0.2) is 34.0 Å². The monoisotopic (exact) mass is 286 g/mol. The molecule has 1 aromatic carbocycles. The molecular formula is C16H22N4O. The van der Waals surface area contributed by atoms with Crippen LogP contribution in [0.4, 0.5) is 5.69 Å². The fraction of sp³-hybridized carbons (Fsp3) is 0.500. The van der Waals surface area contributed by atoms with E-state index in [1.54, 1.807) is 0 Å². The smallest absolute Gasteiger partial charge is 0.222 e. The fourth-order valence-electron chi connectivity index (χ4n) is 3.13. The van der Waals surface area contributed by atoms with Gasteiger partial charge >= 0.3 is 0 Å². The van der Waals surface area contributed by atoms with E-state index in [4.69, 9.17) is 10.7 Å². The van der Waals surface area contributed by atoms with Crippen molar-refractivity contribution in [1.82, 2.24) is 14.5 Å². The standard InChI is InChI=1S/C16H22N4O/c1-10(2)16-18-13-8-11(17)4-6-14(13)20(16)12-5-7-15(21)19(3)9-12/h4,6,8,10,12H,5,7,9,17H2,1-3H3. The molecule has 0 bridgehead atoms. The number of hydrogen-bond donors (Lipinski definition) is 1. The van der Waals surface area contributed by atoms with Gasteiger partial charge in [-0.15, -0.1) is 0 Å². The van der Waals surface area contributed by atoms with E-state index < -0.39 is 0 Å². The second kappa shape index (κ2) is 5.06. The first-order valence-electron chi connectivity index (χ1n) is 7.48. The molecule has 2 heterocycles. The number of carbonyl (C=O) groups excluding carboxylic acids is 1. The van der Waals surface area contributed by atoms with Crippen molar-refractivity contribution in [3.8, 4) is 0 Å². The molecule has 3 rings (SSSR count). The number of aromatic nitrogens is 2. The molecule has 1 aromatic heterocycles. The predicted octanol–water partition coefficient (Wildman–Crippen LogP) is 2.54. The second-order valence-corrected chi connectivity index (χ2v) is 6.21. The maximum atomic E-state index is 11.7. The third-order valence-corrected chi connectivity index (χ3v) is 4.22. The summed E-state index contributed by atoms with van der Waals surface area (Å²) < 4.78 is 2.31. The number of fused-ring (bicyclic) bond motifs is 1. The van der Waals surface area contributed by atoms with Crippen molar-refractivity contribution in [2.45, 2.75) is 38.6 Å². The Bertz CT molecular complexity index is 689. The Kier molecular flexibility index (Phi) is 3.35. The third-order valence-electron chi connectivity index (χ3n) is 4.22. The Morgan fingerprint density at radius 3 is 2.81 bits per heavy atom. The number of nitrogens with zero attached hydrogens (tertiary/aromatic N) is 3. The van der Waals surface area contributed by atoms with E-state index in [1.807, 2.05) is 30.1 Å². The van der Waals surface area contributed by atoms with Crippen LogP contribution < -0.4 is 5.73 Å². The van der Waals surface area contributed by atoms with E-state index in [9.17, 15) is 4.79 Å². The van der Waals surface area contributed by atoms with Gasteiger partial charge in [-0.2, -0.15) is 0 Å². The van der Waals surface area contributed by atoms with Crippen molar-refractivity contribution in [3.05, 3.63) is 24.0 Å². The highest BCUT2D eigenvalue weighted by Gasteiger charge is 2.27. The van der Waals surface area contributed by atoms with Crippen molar-refractivity contribution in [2.24, 2.45) is 0 Å². The van der Waals surface area contributed by atoms with E-state index >= 15 is 0 Å². The van der Waals surface area contributed by atoms with Crippen LogP contribution in [-0.2, 0) is 4.79 Å². The number of carbonyl (C=O) groups is 1. The van der Waals surface area contributed by atoms with Crippen LogP contribution >= 0.6 is 0 Å². The van der Waals surface area contributed by atoms with Crippen LogP contribution in [0, 0.1) is 0 Å². The minimum atomic E-state index is 0.228. The van der Waals surface area contributed by atoms with E-state index in [1.165, 1.54) is 0 Å². The average molecular weight is 286 g/mol. The maximum Gasteiger partial charge on any atom is 0.222 e. The minimum Gasteiger partial charge on any atom is -0.399 e. The molecule has 21 heavy (non-hydrogen) atoms. The Morgan fingerprint density at radius 2 is 2.14 bits per heavy atom. The predicted molar refractivity (Wildman–Crippen MR) is 84.1 cm³/mol. The molecule has 1 amide bonds. The van der Waals surface area contributed by atoms with Crippen molar-refractivity contribution < 1.29 is 4.79 Å². The van der Waals surface area contributed by atoms with E-state index in [-0.39, 0.29) is 5.91 Å². The van der Waals surface area contributed by atoms with Crippen LogP contribution in [0.3, 0.4) is 0 Å². The Labute approximate surface area is 124 Å². The summed E-state index contributed by atoms with van der Waals surface area (Å²) in [6.45, 7) is 5.05. The van der Waals surface area contributed by atoms with Gasteiger partial charge in [0.15, 0.2) is 0 Å². The highest BCUT2D eigenvalue weighted by molar-refractivity contribution is 5.80. The van der Waals surface area contributed by atoms with Gasteiger partial charge < -0.3 is 15.2 Å². The molecular weight excluding hydrogens is 264 g/mol. The summed E-state index contributed by atoms with van der Waals surface area (Å²) >= 11 is 0. The number of imidazole rings is 1. The molecule has 2 aromatic rings. The van der Waals surface area contributed by atoms with Gasteiger partial charge in [0, 0.05) is 31.6 Å². The van der Waals surface area contributed by atoms with Gasteiger partial charge in [-0.3, -0.25) is 4.79 Å². The number of hydrogen-bond acceptors (Lipinski definition) is 3. The second-order valence-electron chi connectivity index (χ2n) is 6.21. The highest BCUT2D eigenvalue weighted by Crippen LogP contribution is 2.31. The Balaban J connectivity index is 2.11. The Morgan fingerprint density at radius 1 is 1.38 bits per heavy atom. The number of nitrogens with two attached hydrogens (primary N) is 1. The first-order valence-corrected chi connectivity index (χ1v) is 7.48. The molecule has 1 saturated heterocycles. The summed E-state index contributed by atoms with van der Waals surface area (Å²) in [5, 5.41) is 0. The highest BCUT2D eigenvalue weighted by atomic mass is 16.2. The van der Waals surface area contributed by atoms with Crippen LogP contribution in [0.25, 0.3) is 11.0 Å². The average Bonchev–Trinajstić information content (AvgIpc) is 2.80. The van der Waals surface area contributed by atoms with Gasteiger partial charge in [-0.05, 0) is 24.6 Å². The summed E-state index contributed by atoms with van der Waals surface area (Å²) in [5.74, 6) is 1.64. The summed E-state index contributed by atoms with van der Waals surface area (Å²) in [6, 6.07) is 6.18. The van der Waals surface area contributed by atoms with E-state index in [2.05, 4.69) is 18.4 Å². The molecule has 0 saturated carbocycles. The largest absolute Gasteiger partial charge is 0.399 e. The molecule has 1 aliphatic rings. The van der Waals surface area contributed by atoms with Gasteiger partial charge in [0.25, 0.3) is 0 Å². The first-order chi connectivity index (χ1) is 9.97. The number of anilines is 1. The first kappa shape index (κ1) is 13.9. The fourth-order valence-corrected chi connectivity index (χ4v) is 3.13. The van der Waals surface area contributed by atoms with E-state index in [0.29, 0.717) is 18.4 Å². The summed E-state index contributed by atoms with van der Waals surface area (Å²) in [6.07, 6.45) is 1.48. The van der Waals surface area contributed by atoms with Gasteiger partial charge in [0.05, 0.1) is 17.1 Å². The number of amides is 1. The lowest BCUT2D eigenvalue weighted by Gasteiger charge is -2.32. The molecule has 1 unspecified atom stereocenters. The normalized spacial score (nSPS) is 19.7. The molecule has 0 spiro atoms. The van der Waals surface area contributed by atoms with Crippen LogP contribution in [0.15, 0.2) is 18.2 Å². The molecule has 1 atom stereocenters. The summed E-state index contributed by atoms with van der Waals surface area (Å²) in [7, 11) is 1.88. The SMILES string of the molecule is CC(C)c1nc2cc(N)ccc2n1C1CCC(=O)N(C)C1. The molecule has 112 valence electrons. The van der Waals surface area contributed by atoms with Crippen molar-refractivity contribution in [2.75, 3.05) is 19.3 Å². The summed E-state index contributed by atoms with van der Waals surface area (Å²) in [5.41, 5.74) is 8.67. The van der Waals surface area contributed by atoms with Crippen molar-refractivity contribution in [3.63, 3.8) is 0 Å². The van der Waals surface area contributed by atoms with Crippen molar-refractivity contribution in [1.29, 1.82) is 0 Å². The van der Waals surface area contributed by atoms with E-state index in [0.717, 1.165) is 35.5 Å². The molecule has 5 nitrogen and oxygen atoms in total. The lowest BCUT2D eigenvalue weighted by molar-refractivity contribution is -0.132. The molecule has 0 radical (unpaired) electrons. The lowest BCUT2D eigenvalue weighted by Crippen LogP contribution is -2.38. The zero-order valence-electron chi connectivity index (χ0n) is 12.8. The van der Waals surface area contributed by atoms with Gasteiger partial charge in [-0.1, -0.05) is 13.8 Å². The van der Waals surface area contributed by atoms with Crippen molar-refractivity contribution >= 4 is 22.6 Å². The number of piperidine rings is 1. The van der Waals surface area contributed by atoms with Crippen LogP contribution in [0.2, 0.25) is 0 Å². The zero-order valence-corrected chi connectivity index (χ0v) is 12.8. The van der Waals surface area contributed by atoms with Gasteiger partial charge in [0.2, 0.25) is 5.91 Å². The molecule has 5 heteroatoms. The number of likely N-dealkylation sites (tertiary alicyclic amines) is 1. The molecule has 0 aliphatic carbocycles. The van der Waals surface area contributed by atoms with Gasteiger partial charge in [0.1, 0.15) is 5.82 Å². The number of benzene rings is 1. The third kappa shape index (κ3) is 2.37. The maximum absolute atomic E-state index is 11.7. The zero-order chi connectivity index (χ0) is 15.1. The van der Waals surface area contributed by atoms with Crippen LogP contribution in [0.1, 0.15) is 44.5 Å². The molecule has 2 N–H and O–H groups in total. The molecule has 1 aliphatic heterocycles. The number of nitrogen functional groups attached to an aromatic ring is 1. The number of likely N-dealkylation sites (N-methyl/N-ethyl adjacent to an activating group) is 1. The van der Waals surface area contributed by atoms with Gasteiger partial charge in [-0.25, -0.2) is 4.98 Å².